The first-order valence-corrected chi connectivity index (χ1v) is 11.4. The van der Waals surface area contributed by atoms with E-state index in [1.54, 1.807) is 61.5 Å². The van der Waals surface area contributed by atoms with Gasteiger partial charge in [-0.05, 0) is 37.6 Å². The zero-order chi connectivity index (χ0) is 22.3. The normalized spacial score (nSPS) is 12.0. The Labute approximate surface area is 177 Å². The SMILES string of the molecule is C=CCNC(=O)c1ccccc1NC(=O)[C@@H](CC)N(c1ccc(C)cc1)S(C)(=O)=O. The van der Waals surface area contributed by atoms with Crippen LogP contribution in [-0.4, -0.2) is 39.1 Å². The van der Waals surface area contributed by atoms with E-state index in [-0.39, 0.29) is 24.4 Å². The van der Waals surface area contributed by atoms with Gasteiger partial charge in [-0.15, -0.1) is 6.58 Å². The van der Waals surface area contributed by atoms with Crippen molar-refractivity contribution in [3.05, 3.63) is 72.3 Å². The Bertz CT molecular complexity index is 1020. The maximum Gasteiger partial charge on any atom is 0.253 e. The van der Waals surface area contributed by atoms with Crippen LogP contribution in [0.2, 0.25) is 0 Å². The monoisotopic (exact) mass is 429 g/mol. The number of carbonyl (C=O) groups excluding carboxylic acids is 2. The molecule has 0 radical (unpaired) electrons. The first-order chi connectivity index (χ1) is 14.2. The van der Waals surface area contributed by atoms with Crippen LogP contribution in [-0.2, 0) is 14.8 Å². The van der Waals surface area contributed by atoms with Crippen molar-refractivity contribution in [1.29, 1.82) is 0 Å². The maximum absolute atomic E-state index is 13.1. The molecule has 30 heavy (non-hydrogen) atoms. The van der Waals surface area contributed by atoms with E-state index in [1.807, 2.05) is 6.92 Å². The second kappa shape index (κ2) is 10.1. The van der Waals surface area contributed by atoms with Crippen LogP contribution in [0.3, 0.4) is 0 Å². The molecule has 0 spiro atoms. The second-order valence-electron chi connectivity index (χ2n) is 6.85. The number of rotatable bonds is 9. The molecule has 0 aliphatic heterocycles. The highest BCUT2D eigenvalue weighted by atomic mass is 32.2. The largest absolute Gasteiger partial charge is 0.349 e. The summed E-state index contributed by atoms with van der Waals surface area (Å²) in [6, 6.07) is 12.5. The highest BCUT2D eigenvalue weighted by Crippen LogP contribution is 2.24. The van der Waals surface area contributed by atoms with Crippen LogP contribution in [0.15, 0.2) is 61.2 Å². The van der Waals surface area contributed by atoms with Gasteiger partial charge in [0.15, 0.2) is 0 Å². The van der Waals surface area contributed by atoms with E-state index < -0.39 is 22.0 Å². The molecule has 0 bridgehead atoms. The summed E-state index contributed by atoms with van der Waals surface area (Å²) >= 11 is 0. The van der Waals surface area contributed by atoms with E-state index in [4.69, 9.17) is 0 Å². The fourth-order valence-corrected chi connectivity index (χ4v) is 4.23. The van der Waals surface area contributed by atoms with Crippen LogP contribution in [0.1, 0.15) is 29.3 Å². The van der Waals surface area contributed by atoms with Crippen molar-refractivity contribution >= 4 is 33.2 Å². The Morgan fingerprint density at radius 1 is 1.13 bits per heavy atom. The molecule has 0 aliphatic carbocycles. The highest BCUT2D eigenvalue weighted by molar-refractivity contribution is 7.92. The lowest BCUT2D eigenvalue weighted by Crippen LogP contribution is -2.47. The number of aryl methyl sites for hydroxylation is 1. The molecule has 0 saturated heterocycles. The van der Waals surface area contributed by atoms with E-state index >= 15 is 0 Å². The van der Waals surface area contributed by atoms with Gasteiger partial charge in [-0.2, -0.15) is 0 Å². The summed E-state index contributed by atoms with van der Waals surface area (Å²) < 4.78 is 26.2. The molecule has 7 nitrogen and oxygen atoms in total. The summed E-state index contributed by atoms with van der Waals surface area (Å²) in [4.78, 5) is 25.5. The molecule has 0 heterocycles. The zero-order valence-corrected chi connectivity index (χ0v) is 18.2. The molecule has 2 amide bonds. The Kier molecular flexibility index (Phi) is 7.77. The van der Waals surface area contributed by atoms with Crippen molar-refractivity contribution in [2.75, 3.05) is 22.4 Å². The molecule has 8 heteroatoms. The van der Waals surface area contributed by atoms with E-state index in [1.165, 1.54) is 0 Å². The third-order valence-electron chi connectivity index (χ3n) is 4.45. The average Bonchev–Trinajstić information content (AvgIpc) is 2.70. The summed E-state index contributed by atoms with van der Waals surface area (Å²) in [6.07, 6.45) is 2.87. The minimum atomic E-state index is -3.74. The van der Waals surface area contributed by atoms with E-state index in [0.717, 1.165) is 16.1 Å². The van der Waals surface area contributed by atoms with Gasteiger partial charge in [0, 0.05) is 6.54 Å². The first kappa shape index (κ1) is 23.2. The summed E-state index contributed by atoms with van der Waals surface area (Å²) in [6.45, 7) is 7.48. The van der Waals surface area contributed by atoms with Gasteiger partial charge >= 0.3 is 0 Å². The molecule has 0 aliphatic rings. The average molecular weight is 430 g/mol. The van der Waals surface area contributed by atoms with Gasteiger partial charge in [0.1, 0.15) is 6.04 Å². The van der Waals surface area contributed by atoms with Crippen molar-refractivity contribution in [2.45, 2.75) is 26.3 Å². The Hall–Kier alpha value is -3.13. The molecule has 0 aromatic heterocycles. The molecule has 2 aromatic carbocycles. The molecule has 2 N–H and O–H groups in total. The number of amides is 2. The summed E-state index contributed by atoms with van der Waals surface area (Å²) in [5.41, 5.74) is 1.97. The minimum Gasteiger partial charge on any atom is -0.349 e. The second-order valence-corrected chi connectivity index (χ2v) is 8.71. The lowest BCUT2D eigenvalue weighted by atomic mass is 10.1. The summed E-state index contributed by atoms with van der Waals surface area (Å²) in [7, 11) is -3.74. The van der Waals surface area contributed by atoms with Gasteiger partial charge in [0.2, 0.25) is 15.9 Å². The summed E-state index contributed by atoms with van der Waals surface area (Å²) in [5, 5.41) is 5.39. The standard InChI is InChI=1S/C22H27N3O4S/c1-5-15-23-21(26)18-9-7-8-10-19(18)24-22(27)20(6-2)25(30(4,28)29)17-13-11-16(3)12-14-17/h5,7-14,20H,1,6,15H2,2-4H3,(H,23,26)(H,24,27)/t20-/m1/s1. The highest BCUT2D eigenvalue weighted by Gasteiger charge is 2.32. The molecule has 0 fully saturated rings. The van der Waals surface area contributed by atoms with Crippen LogP contribution in [0.25, 0.3) is 0 Å². The molecular formula is C22H27N3O4S. The third kappa shape index (κ3) is 5.70. The van der Waals surface area contributed by atoms with Crippen molar-refractivity contribution < 1.29 is 18.0 Å². The number of nitrogens with zero attached hydrogens (tertiary/aromatic N) is 1. The zero-order valence-electron chi connectivity index (χ0n) is 17.4. The molecular weight excluding hydrogens is 402 g/mol. The smallest absolute Gasteiger partial charge is 0.253 e. The van der Waals surface area contributed by atoms with Gasteiger partial charge in [-0.1, -0.05) is 42.8 Å². The van der Waals surface area contributed by atoms with E-state index in [2.05, 4.69) is 17.2 Å². The van der Waals surface area contributed by atoms with Gasteiger partial charge in [-0.25, -0.2) is 8.42 Å². The maximum atomic E-state index is 13.1. The van der Waals surface area contributed by atoms with Crippen LogP contribution in [0.4, 0.5) is 11.4 Å². The topological polar surface area (TPSA) is 95.6 Å². The quantitative estimate of drug-likeness (QED) is 0.599. The third-order valence-corrected chi connectivity index (χ3v) is 5.63. The van der Waals surface area contributed by atoms with Gasteiger partial charge in [0.05, 0.1) is 23.2 Å². The van der Waals surface area contributed by atoms with Crippen LogP contribution in [0, 0.1) is 6.92 Å². The van der Waals surface area contributed by atoms with Crippen LogP contribution >= 0.6 is 0 Å². The van der Waals surface area contributed by atoms with E-state index in [0.29, 0.717) is 11.4 Å². The van der Waals surface area contributed by atoms with Crippen molar-refractivity contribution in [3.63, 3.8) is 0 Å². The predicted molar refractivity (Wildman–Crippen MR) is 120 cm³/mol. The van der Waals surface area contributed by atoms with Gasteiger partial charge in [0.25, 0.3) is 5.91 Å². The van der Waals surface area contributed by atoms with Crippen molar-refractivity contribution in [2.24, 2.45) is 0 Å². The predicted octanol–water partition coefficient (Wildman–Crippen LogP) is 3.09. The molecule has 0 saturated carbocycles. The fraction of sp³-hybridized carbons (Fsp3) is 0.273. The van der Waals surface area contributed by atoms with Crippen LogP contribution < -0.4 is 14.9 Å². The molecule has 0 unspecified atom stereocenters. The number of hydrogen-bond donors (Lipinski definition) is 2. The minimum absolute atomic E-state index is 0.248. The first-order valence-electron chi connectivity index (χ1n) is 9.54. The van der Waals surface area contributed by atoms with Crippen LogP contribution in [0.5, 0.6) is 0 Å². The number of sulfonamides is 1. The number of hydrogen-bond acceptors (Lipinski definition) is 4. The van der Waals surface area contributed by atoms with Gasteiger partial charge in [-0.3, -0.25) is 13.9 Å². The number of nitrogens with one attached hydrogen (secondary N) is 2. The number of anilines is 2. The fourth-order valence-electron chi connectivity index (χ4n) is 3.02. The number of para-hydroxylation sites is 1. The Morgan fingerprint density at radius 2 is 1.77 bits per heavy atom. The van der Waals surface area contributed by atoms with Crippen molar-refractivity contribution in [1.82, 2.24) is 5.32 Å². The summed E-state index contributed by atoms with van der Waals surface area (Å²) in [5.74, 6) is -0.884. The molecule has 1 atom stereocenters. The van der Waals surface area contributed by atoms with Gasteiger partial charge < -0.3 is 10.6 Å². The molecule has 2 aromatic rings. The Balaban J connectivity index is 2.37. The van der Waals surface area contributed by atoms with Crippen molar-refractivity contribution in [3.8, 4) is 0 Å². The number of carbonyl (C=O) groups is 2. The van der Waals surface area contributed by atoms with E-state index in [9.17, 15) is 18.0 Å². The lowest BCUT2D eigenvalue weighted by Gasteiger charge is -2.30. The lowest BCUT2D eigenvalue weighted by molar-refractivity contribution is -0.117. The molecule has 160 valence electrons. The Morgan fingerprint density at radius 3 is 2.33 bits per heavy atom. The molecule has 2 rings (SSSR count). The number of benzene rings is 2.